The van der Waals surface area contributed by atoms with Crippen LogP contribution in [0.5, 0.6) is 0 Å². The summed E-state index contributed by atoms with van der Waals surface area (Å²) in [4.78, 5) is 14.3. The fourth-order valence-electron chi connectivity index (χ4n) is 1.89. The molecule has 4 heteroatoms. The van der Waals surface area contributed by atoms with E-state index in [0.717, 1.165) is 31.5 Å². The number of amides is 1. The zero-order valence-corrected chi connectivity index (χ0v) is 9.84. The quantitative estimate of drug-likeness (QED) is 0.572. The maximum atomic E-state index is 11.3. The van der Waals surface area contributed by atoms with Crippen molar-refractivity contribution in [2.45, 2.75) is 38.3 Å². The zero-order valence-electron chi connectivity index (χ0n) is 8.84. The maximum Gasteiger partial charge on any atom is 0.300 e. The Bertz CT molecular complexity index is 207. The van der Waals surface area contributed by atoms with Gasteiger partial charge in [0.1, 0.15) is 0 Å². The lowest BCUT2D eigenvalue weighted by Gasteiger charge is -2.34. The zero-order chi connectivity index (χ0) is 10.4. The summed E-state index contributed by atoms with van der Waals surface area (Å²) < 4.78 is 5.84. The predicted molar refractivity (Wildman–Crippen MR) is 59.2 cm³/mol. The van der Waals surface area contributed by atoms with Gasteiger partial charge in [0.25, 0.3) is 0 Å². The molecule has 1 aliphatic heterocycles. The normalized spacial score (nSPS) is 26.9. The second-order valence-corrected chi connectivity index (χ2v) is 7.27. The van der Waals surface area contributed by atoms with Crippen molar-refractivity contribution < 1.29 is 9.22 Å². The van der Waals surface area contributed by atoms with Crippen LogP contribution in [0.25, 0.3) is 0 Å². The monoisotopic (exact) mass is 213 g/mol. The standard InChI is InChI=1S/C10H19NO2Si/c1-3-8-14(11-10(12)4-2)9-6-5-7-13-14/h4H,2-3,5-9H2,1H3,(H,11,12). The second-order valence-electron chi connectivity index (χ2n) is 3.74. The van der Waals surface area contributed by atoms with Crippen LogP contribution in [-0.4, -0.2) is 21.0 Å². The molecular weight excluding hydrogens is 194 g/mol. The van der Waals surface area contributed by atoms with E-state index in [9.17, 15) is 4.79 Å². The number of hydrogen-bond donors (Lipinski definition) is 1. The first-order chi connectivity index (χ1) is 6.72. The van der Waals surface area contributed by atoms with Gasteiger partial charge in [-0.25, -0.2) is 0 Å². The van der Waals surface area contributed by atoms with Crippen LogP contribution in [-0.2, 0) is 9.22 Å². The van der Waals surface area contributed by atoms with Gasteiger partial charge in [-0.15, -0.1) is 0 Å². The fraction of sp³-hybridized carbons (Fsp3) is 0.700. The molecule has 1 unspecified atom stereocenters. The smallest absolute Gasteiger partial charge is 0.300 e. The molecule has 1 aliphatic rings. The Morgan fingerprint density at radius 3 is 2.93 bits per heavy atom. The van der Waals surface area contributed by atoms with Gasteiger partial charge in [0.2, 0.25) is 5.91 Å². The van der Waals surface area contributed by atoms with Gasteiger partial charge in [-0.2, -0.15) is 0 Å². The van der Waals surface area contributed by atoms with Crippen molar-refractivity contribution in [2.75, 3.05) is 6.61 Å². The van der Waals surface area contributed by atoms with Gasteiger partial charge in [0.15, 0.2) is 0 Å². The van der Waals surface area contributed by atoms with Gasteiger partial charge in [-0.1, -0.05) is 19.9 Å². The van der Waals surface area contributed by atoms with E-state index in [1.807, 2.05) is 0 Å². The van der Waals surface area contributed by atoms with E-state index < -0.39 is 8.48 Å². The molecule has 1 heterocycles. The summed E-state index contributed by atoms with van der Waals surface area (Å²) in [5.74, 6) is -0.0768. The number of carbonyl (C=O) groups is 1. The van der Waals surface area contributed by atoms with Crippen molar-refractivity contribution >= 4 is 14.4 Å². The molecule has 0 aromatic heterocycles. The third-order valence-electron chi connectivity index (χ3n) is 2.54. The van der Waals surface area contributed by atoms with Crippen LogP contribution in [0.4, 0.5) is 0 Å². The molecule has 1 saturated heterocycles. The Hall–Kier alpha value is -0.613. The summed E-state index contributed by atoms with van der Waals surface area (Å²) in [6.45, 7) is 6.41. The number of rotatable bonds is 4. The topological polar surface area (TPSA) is 38.3 Å². The molecule has 1 rings (SSSR count). The van der Waals surface area contributed by atoms with Gasteiger partial charge < -0.3 is 9.41 Å². The summed E-state index contributed by atoms with van der Waals surface area (Å²) in [5, 5.41) is 0. The van der Waals surface area contributed by atoms with Crippen LogP contribution in [0.3, 0.4) is 0 Å². The van der Waals surface area contributed by atoms with Crippen molar-refractivity contribution in [2.24, 2.45) is 0 Å². The highest BCUT2D eigenvalue weighted by Crippen LogP contribution is 2.24. The van der Waals surface area contributed by atoms with Gasteiger partial charge in [0, 0.05) is 6.61 Å². The van der Waals surface area contributed by atoms with E-state index in [2.05, 4.69) is 18.5 Å². The largest absolute Gasteiger partial charge is 0.399 e. The lowest BCUT2D eigenvalue weighted by molar-refractivity contribution is -0.115. The molecule has 0 aliphatic carbocycles. The van der Waals surface area contributed by atoms with Crippen LogP contribution in [0.2, 0.25) is 12.1 Å². The molecule has 80 valence electrons. The van der Waals surface area contributed by atoms with E-state index in [1.54, 1.807) is 0 Å². The highest BCUT2D eigenvalue weighted by atomic mass is 28.4. The Kier molecular flexibility index (Phi) is 4.35. The van der Waals surface area contributed by atoms with Crippen molar-refractivity contribution in [1.82, 2.24) is 4.98 Å². The molecule has 0 aromatic rings. The molecule has 0 saturated carbocycles. The molecule has 1 amide bonds. The lowest BCUT2D eigenvalue weighted by atomic mass is 10.4. The Balaban J connectivity index is 2.59. The average Bonchev–Trinajstić information content (AvgIpc) is 2.19. The molecule has 3 nitrogen and oxygen atoms in total. The van der Waals surface area contributed by atoms with Crippen molar-refractivity contribution in [1.29, 1.82) is 0 Å². The molecule has 1 fully saturated rings. The molecule has 0 radical (unpaired) electrons. The molecule has 14 heavy (non-hydrogen) atoms. The molecule has 1 N–H and O–H groups in total. The van der Waals surface area contributed by atoms with Gasteiger partial charge in [0.05, 0.1) is 0 Å². The number of nitrogens with one attached hydrogen (secondary N) is 1. The maximum absolute atomic E-state index is 11.3. The van der Waals surface area contributed by atoms with Gasteiger partial charge >= 0.3 is 8.48 Å². The Labute approximate surface area is 86.7 Å². The highest BCUT2D eigenvalue weighted by Gasteiger charge is 2.37. The molecular formula is C10H19NO2Si. The van der Waals surface area contributed by atoms with Crippen molar-refractivity contribution in [3.8, 4) is 0 Å². The Morgan fingerprint density at radius 1 is 1.64 bits per heavy atom. The van der Waals surface area contributed by atoms with E-state index in [-0.39, 0.29) is 5.91 Å². The highest BCUT2D eigenvalue weighted by molar-refractivity contribution is 6.73. The summed E-state index contributed by atoms with van der Waals surface area (Å²) in [7, 11) is -1.94. The summed E-state index contributed by atoms with van der Waals surface area (Å²) in [6.07, 6.45) is 4.72. The van der Waals surface area contributed by atoms with Gasteiger partial charge in [-0.3, -0.25) is 4.79 Å². The third kappa shape index (κ3) is 2.96. The minimum Gasteiger partial charge on any atom is -0.399 e. The number of hydrogen-bond acceptors (Lipinski definition) is 2. The van der Waals surface area contributed by atoms with Crippen LogP contribution in [0.15, 0.2) is 12.7 Å². The lowest BCUT2D eigenvalue weighted by Crippen LogP contribution is -2.56. The minimum absolute atomic E-state index is 0.0768. The first-order valence-corrected chi connectivity index (χ1v) is 7.63. The van der Waals surface area contributed by atoms with E-state index in [0.29, 0.717) is 0 Å². The van der Waals surface area contributed by atoms with Gasteiger partial charge in [-0.05, 0) is 31.0 Å². The molecule has 0 bridgehead atoms. The second kappa shape index (κ2) is 5.31. The van der Waals surface area contributed by atoms with Crippen LogP contribution >= 0.6 is 0 Å². The predicted octanol–water partition coefficient (Wildman–Crippen LogP) is 1.95. The van der Waals surface area contributed by atoms with Crippen LogP contribution < -0.4 is 4.98 Å². The molecule has 0 spiro atoms. The van der Waals surface area contributed by atoms with E-state index in [1.165, 1.54) is 12.5 Å². The Morgan fingerprint density at radius 2 is 2.43 bits per heavy atom. The molecule has 1 atom stereocenters. The van der Waals surface area contributed by atoms with Crippen molar-refractivity contribution in [3.05, 3.63) is 12.7 Å². The summed E-state index contributed by atoms with van der Waals surface area (Å²) >= 11 is 0. The summed E-state index contributed by atoms with van der Waals surface area (Å²) in [6, 6.07) is 2.08. The first-order valence-electron chi connectivity index (χ1n) is 5.31. The summed E-state index contributed by atoms with van der Waals surface area (Å²) in [5.41, 5.74) is 0. The van der Waals surface area contributed by atoms with Crippen LogP contribution in [0, 0.1) is 0 Å². The van der Waals surface area contributed by atoms with E-state index >= 15 is 0 Å². The number of carbonyl (C=O) groups excluding carboxylic acids is 1. The van der Waals surface area contributed by atoms with Crippen LogP contribution in [0.1, 0.15) is 26.2 Å². The van der Waals surface area contributed by atoms with E-state index in [4.69, 9.17) is 4.43 Å². The first kappa shape index (κ1) is 11.5. The van der Waals surface area contributed by atoms with Crippen molar-refractivity contribution in [3.63, 3.8) is 0 Å². The third-order valence-corrected chi connectivity index (χ3v) is 6.47. The molecule has 0 aromatic carbocycles. The average molecular weight is 213 g/mol. The minimum atomic E-state index is -1.94. The fourth-order valence-corrected chi connectivity index (χ4v) is 5.47. The SMILES string of the molecule is C=CC(=O)N[Si]1(CCC)CCCCO1.